The molecule has 0 bridgehead atoms. The third kappa shape index (κ3) is 6.96. The zero-order chi connectivity index (χ0) is 22.4. The minimum absolute atomic E-state index is 0.0490. The summed E-state index contributed by atoms with van der Waals surface area (Å²) in [5, 5.41) is 4.44. The van der Waals surface area contributed by atoms with Crippen LogP contribution in [0.2, 0.25) is 0 Å². The average Bonchev–Trinajstić information content (AvgIpc) is 2.92. The van der Waals surface area contributed by atoms with Crippen LogP contribution < -0.4 is 10.6 Å². The van der Waals surface area contributed by atoms with Gasteiger partial charge in [0.1, 0.15) is 6.54 Å². The first-order chi connectivity index (χ1) is 14.0. The van der Waals surface area contributed by atoms with E-state index in [1.54, 1.807) is 5.32 Å². The number of hydrogen-bond donors (Lipinski definition) is 2. The molecule has 168 valence electrons. The monoisotopic (exact) mass is 450 g/mol. The normalized spacial score (nSPS) is 16.7. The molecule has 1 aliphatic heterocycles. The van der Waals surface area contributed by atoms with E-state index < -0.39 is 28.7 Å². The summed E-state index contributed by atoms with van der Waals surface area (Å²) in [6.07, 6.45) is -3.98. The molecule has 0 aromatic heterocycles. The molecule has 0 aliphatic carbocycles. The number of halogens is 3. The maximum atomic E-state index is 12.9. The Balaban J connectivity index is 2.01. The zero-order valence-electron chi connectivity index (χ0n) is 16.5. The van der Waals surface area contributed by atoms with Crippen LogP contribution in [0.5, 0.6) is 0 Å². The van der Waals surface area contributed by atoms with Crippen molar-refractivity contribution in [1.29, 1.82) is 0 Å². The van der Waals surface area contributed by atoms with E-state index in [9.17, 15) is 31.2 Å². The number of alkyl halides is 3. The Kier molecular flexibility index (Phi) is 8.21. The summed E-state index contributed by atoms with van der Waals surface area (Å²) < 4.78 is 63.7. The van der Waals surface area contributed by atoms with Gasteiger partial charge in [-0.15, -0.1) is 0 Å². The van der Waals surface area contributed by atoms with Crippen LogP contribution in [0.3, 0.4) is 0 Å². The Morgan fingerprint density at radius 3 is 2.30 bits per heavy atom. The summed E-state index contributed by atoms with van der Waals surface area (Å²) in [5.41, 5.74) is -0.0674. The van der Waals surface area contributed by atoms with E-state index in [1.807, 2.05) is 11.8 Å². The van der Waals surface area contributed by atoms with Gasteiger partial charge in [-0.2, -0.15) is 17.5 Å². The van der Waals surface area contributed by atoms with E-state index >= 15 is 0 Å². The Hall–Kier alpha value is -2.18. The van der Waals surface area contributed by atoms with E-state index in [4.69, 9.17) is 0 Å². The Morgan fingerprint density at radius 1 is 1.03 bits per heavy atom. The van der Waals surface area contributed by atoms with E-state index in [1.165, 1.54) is 28.6 Å². The molecule has 2 N–H and O–H groups in total. The van der Waals surface area contributed by atoms with Crippen LogP contribution in [-0.2, 0) is 14.8 Å². The van der Waals surface area contributed by atoms with Crippen molar-refractivity contribution in [2.45, 2.75) is 24.4 Å². The van der Waals surface area contributed by atoms with Gasteiger partial charge in [0.2, 0.25) is 15.9 Å². The first-order valence-electron chi connectivity index (χ1n) is 9.47. The number of sulfonamides is 1. The first kappa shape index (κ1) is 24.1. The Labute approximate surface area is 173 Å². The molecule has 1 fully saturated rings. The number of carbonyl (C=O) groups excluding carboxylic acids is 2. The van der Waals surface area contributed by atoms with Gasteiger partial charge in [-0.25, -0.2) is 8.42 Å². The molecule has 1 aliphatic rings. The lowest BCUT2D eigenvalue weighted by atomic mass is 10.2. The molecule has 2 amide bonds. The fourth-order valence-electron chi connectivity index (χ4n) is 3.01. The molecule has 8 nitrogen and oxygen atoms in total. The first-order valence-corrected chi connectivity index (χ1v) is 10.9. The minimum atomic E-state index is -4.53. The smallest absolute Gasteiger partial charge is 0.355 e. The molecule has 0 unspecified atom stereocenters. The molecule has 0 radical (unpaired) electrons. The van der Waals surface area contributed by atoms with E-state index in [-0.39, 0.29) is 36.0 Å². The molecule has 1 heterocycles. The highest BCUT2D eigenvalue weighted by molar-refractivity contribution is 7.89. The molecular formula is C18H25F3N4O4S. The minimum Gasteiger partial charge on any atom is -0.355 e. The maximum absolute atomic E-state index is 12.9. The van der Waals surface area contributed by atoms with Crippen molar-refractivity contribution in [3.8, 4) is 0 Å². The lowest BCUT2D eigenvalue weighted by Gasteiger charge is -2.21. The molecule has 0 atom stereocenters. The molecule has 30 heavy (non-hydrogen) atoms. The van der Waals surface area contributed by atoms with Crippen molar-refractivity contribution >= 4 is 21.8 Å². The van der Waals surface area contributed by atoms with E-state index in [0.717, 1.165) is 0 Å². The van der Waals surface area contributed by atoms with Crippen LogP contribution in [0.4, 0.5) is 13.2 Å². The topological polar surface area (TPSA) is 98.8 Å². The molecule has 2 rings (SSSR count). The van der Waals surface area contributed by atoms with Gasteiger partial charge in [0.05, 0.1) is 11.4 Å². The summed E-state index contributed by atoms with van der Waals surface area (Å²) >= 11 is 0. The molecule has 1 aromatic rings. The van der Waals surface area contributed by atoms with Crippen LogP contribution in [0.1, 0.15) is 23.7 Å². The van der Waals surface area contributed by atoms with Crippen LogP contribution in [0.25, 0.3) is 0 Å². The quantitative estimate of drug-likeness (QED) is 0.641. The summed E-state index contributed by atoms with van der Waals surface area (Å²) in [5.74, 6) is -1.06. The van der Waals surface area contributed by atoms with Gasteiger partial charge in [-0.05, 0) is 44.2 Å². The fourth-order valence-corrected chi connectivity index (χ4v) is 4.48. The third-order valence-corrected chi connectivity index (χ3v) is 6.41. The maximum Gasteiger partial charge on any atom is 0.405 e. The summed E-state index contributed by atoms with van der Waals surface area (Å²) in [7, 11) is -3.83. The number of carbonyl (C=O) groups is 2. The number of rotatable bonds is 7. The number of nitrogens with one attached hydrogen (secondary N) is 2. The second-order valence-corrected chi connectivity index (χ2v) is 8.75. The third-order valence-electron chi connectivity index (χ3n) is 4.49. The fraction of sp³-hybridized carbons (Fsp3) is 0.556. The predicted octanol–water partition coefficient (Wildman–Crippen LogP) is 0.811. The van der Waals surface area contributed by atoms with Crippen LogP contribution in [0.15, 0.2) is 29.2 Å². The molecule has 0 saturated carbocycles. The lowest BCUT2D eigenvalue weighted by Crippen LogP contribution is -2.40. The number of benzene rings is 1. The molecular weight excluding hydrogens is 425 g/mol. The average molecular weight is 450 g/mol. The summed E-state index contributed by atoms with van der Waals surface area (Å²) in [4.78, 5) is 25.3. The largest absolute Gasteiger partial charge is 0.405 e. The Bertz CT molecular complexity index is 844. The molecule has 1 saturated heterocycles. The molecule has 1 aromatic carbocycles. The van der Waals surface area contributed by atoms with Crippen LogP contribution in [0, 0.1) is 0 Å². The van der Waals surface area contributed by atoms with Gasteiger partial charge in [-0.3, -0.25) is 14.5 Å². The van der Waals surface area contributed by atoms with Crippen molar-refractivity contribution < 1.29 is 31.2 Å². The molecule has 12 heteroatoms. The second kappa shape index (κ2) is 10.2. The summed E-state index contributed by atoms with van der Waals surface area (Å²) in [6.45, 7) is 2.54. The van der Waals surface area contributed by atoms with Gasteiger partial charge < -0.3 is 10.6 Å². The van der Waals surface area contributed by atoms with Crippen LogP contribution in [-0.4, -0.2) is 81.4 Å². The van der Waals surface area contributed by atoms with Crippen molar-refractivity contribution in [1.82, 2.24) is 19.8 Å². The highest BCUT2D eigenvalue weighted by atomic mass is 32.2. The number of amides is 2. The SMILES string of the molecule is CCNC(=O)CN1CCCN(S(=O)(=O)c2ccc(C(=O)NCC(F)(F)F)cc2)CC1. The Morgan fingerprint density at radius 2 is 1.70 bits per heavy atom. The lowest BCUT2D eigenvalue weighted by molar-refractivity contribution is -0.123. The zero-order valence-corrected chi connectivity index (χ0v) is 17.4. The second-order valence-electron chi connectivity index (χ2n) is 6.81. The highest BCUT2D eigenvalue weighted by Crippen LogP contribution is 2.19. The van der Waals surface area contributed by atoms with Gasteiger partial charge in [0.15, 0.2) is 0 Å². The van der Waals surface area contributed by atoms with Crippen molar-refractivity contribution in [3.63, 3.8) is 0 Å². The van der Waals surface area contributed by atoms with Crippen molar-refractivity contribution in [2.24, 2.45) is 0 Å². The van der Waals surface area contributed by atoms with Crippen molar-refractivity contribution in [3.05, 3.63) is 29.8 Å². The number of likely N-dealkylation sites (N-methyl/N-ethyl adjacent to an activating group) is 1. The van der Waals surface area contributed by atoms with Gasteiger partial charge in [0, 0.05) is 31.7 Å². The highest BCUT2D eigenvalue weighted by Gasteiger charge is 2.29. The standard InChI is InChI=1S/C18H25F3N4O4S/c1-2-22-16(26)12-24-8-3-9-25(11-10-24)30(28,29)15-6-4-14(5-7-15)17(27)23-13-18(19,20)21/h4-7H,2-3,8-13H2,1H3,(H,22,26)(H,23,27). The van der Waals surface area contributed by atoms with Crippen molar-refractivity contribution in [2.75, 3.05) is 45.8 Å². The number of nitrogens with zero attached hydrogens (tertiary/aromatic N) is 2. The van der Waals surface area contributed by atoms with Crippen LogP contribution >= 0.6 is 0 Å². The number of hydrogen-bond acceptors (Lipinski definition) is 5. The van der Waals surface area contributed by atoms with Gasteiger partial charge in [0.25, 0.3) is 5.91 Å². The predicted molar refractivity (Wildman–Crippen MR) is 103 cm³/mol. The molecule has 0 spiro atoms. The van der Waals surface area contributed by atoms with Gasteiger partial charge in [-0.1, -0.05) is 0 Å². The van der Waals surface area contributed by atoms with E-state index in [2.05, 4.69) is 5.32 Å². The summed E-state index contributed by atoms with van der Waals surface area (Å²) in [6, 6.07) is 4.76. The van der Waals surface area contributed by atoms with Gasteiger partial charge >= 0.3 is 6.18 Å². The van der Waals surface area contributed by atoms with E-state index in [0.29, 0.717) is 26.1 Å².